The summed E-state index contributed by atoms with van der Waals surface area (Å²) in [4.78, 5) is 38.7. The standard InChI is InChI=1S/C18H18FN3O.2C2HF3O2/c19-15-5-3-13(4-6-15)9-21-10-14-11-22(18(23)17(14)12-21)16-2-1-7-20-8-16;2*3-2(4,5)1(6)7/h1-8,14,17H,9-12H2;2*(H,6,7)/t14-,17-;;/m0../s1. The lowest BCUT2D eigenvalue weighted by molar-refractivity contribution is -0.193. The molecule has 2 N–H and O–H groups in total. The molecule has 37 heavy (non-hydrogen) atoms. The number of likely N-dealkylation sites (tertiary alicyclic amines) is 1. The number of nitrogens with zero attached hydrogens (tertiary/aromatic N) is 3. The van der Waals surface area contributed by atoms with Gasteiger partial charge in [0.05, 0.1) is 17.8 Å². The van der Waals surface area contributed by atoms with Gasteiger partial charge in [-0.2, -0.15) is 26.3 Å². The van der Waals surface area contributed by atoms with Crippen molar-refractivity contribution in [2.24, 2.45) is 11.8 Å². The molecular formula is C22H20F7N3O5. The molecule has 2 aliphatic heterocycles. The minimum atomic E-state index is -5.08. The van der Waals surface area contributed by atoms with Crippen LogP contribution in [0.5, 0.6) is 0 Å². The van der Waals surface area contributed by atoms with E-state index in [1.54, 1.807) is 12.4 Å². The first kappa shape index (κ1) is 29.5. The highest BCUT2D eigenvalue weighted by Crippen LogP contribution is 2.35. The van der Waals surface area contributed by atoms with Gasteiger partial charge in [0.25, 0.3) is 0 Å². The second kappa shape index (κ2) is 12.0. The van der Waals surface area contributed by atoms with Crippen molar-refractivity contribution in [2.75, 3.05) is 24.5 Å². The Hall–Kier alpha value is -3.75. The van der Waals surface area contributed by atoms with E-state index in [9.17, 15) is 35.5 Å². The maximum absolute atomic E-state index is 13.0. The van der Waals surface area contributed by atoms with E-state index < -0.39 is 24.3 Å². The van der Waals surface area contributed by atoms with Crippen LogP contribution in [0.4, 0.5) is 36.4 Å². The molecule has 202 valence electrons. The number of aromatic nitrogens is 1. The normalized spacial score (nSPS) is 19.3. The Labute approximate surface area is 204 Å². The van der Waals surface area contributed by atoms with Gasteiger partial charge in [0.15, 0.2) is 0 Å². The van der Waals surface area contributed by atoms with Crippen LogP contribution in [0.15, 0.2) is 48.8 Å². The highest BCUT2D eigenvalue weighted by Gasteiger charge is 2.46. The Morgan fingerprint density at radius 1 is 0.919 bits per heavy atom. The number of carboxylic acid groups (broad SMARTS) is 2. The van der Waals surface area contributed by atoms with E-state index in [2.05, 4.69) is 9.88 Å². The number of fused-ring (bicyclic) bond motifs is 1. The third-order valence-electron chi connectivity index (χ3n) is 5.28. The van der Waals surface area contributed by atoms with Gasteiger partial charge in [-0.25, -0.2) is 14.0 Å². The number of carbonyl (C=O) groups is 3. The smallest absolute Gasteiger partial charge is 0.475 e. The fourth-order valence-electron chi connectivity index (χ4n) is 3.67. The fraction of sp³-hybridized carbons (Fsp3) is 0.364. The molecule has 4 rings (SSSR count). The summed E-state index contributed by atoms with van der Waals surface area (Å²) in [5.74, 6) is -5.10. The number of carboxylic acids is 2. The first-order valence-corrected chi connectivity index (χ1v) is 10.4. The molecule has 3 heterocycles. The van der Waals surface area contributed by atoms with Crippen LogP contribution in [-0.4, -0.2) is 69.9 Å². The lowest BCUT2D eigenvalue weighted by atomic mass is 10.0. The monoisotopic (exact) mass is 539 g/mol. The Morgan fingerprint density at radius 2 is 1.46 bits per heavy atom. The molecule has 1 amide bonds. The van der Waals surface area contributed by atoms with Gasteiger partial charge in [0, 0.05) is 38.3 Å². The van der Waals surface area contributed by atoms with Crippen molar-refractivity contribution < 1.29 is 55.3 Å². The van der Waals surface area contributed by atoms with Crippen LogP contribution in [0.3, 0.4) is 0 Å². The van der Waals surface area contributed by atoms with Crippen molar-refractivity contribution in [2.45, 2.75) is 18.9 Å². The van der Waals surface area contributed by atoms with Crippen molar-refractivity contribution in [3.63, 3.8) is 0 Å². The zero-order chi connectivity index (χ0) is 28.0. The van der Waals surface area contributed by atoms with E-state index in [1.807, 2.05) is 29.2 Å². The Bertz CT molecular complexity index is 1050. The number of halogens is 7. The average Bonchev–Trinajstić information content (AvgIpc) is 3.34. The van der Waals surface area contributed by atoms with E-state index in [0.29, 0.717) is 5.92 Å². The van der Waals surface area contributed by atoms with Crippen molar-refractivity contribution >= 4 is 23.5 Å². The lowest BCUT2D eigenvalue weighted by Crippen LogP contribution is -2.32. The summed E-state index contributed by atoms with van der Waals surface area (Å²) >= 11 is 0. The van der Waals surface area contributed by atoms with Gasteiger partial charge in [0.1, 0.15) is 5.82 Å². The lowest BCUT2D eigenvalue weighted by Gasteiger charge is -2.21. The van der Waals surface area contributed by atoms with Crippen molar-refractivity contribution in [3.05, 3.63) is 60.2 Å². The van der Waals surface area contributed by atoms with E-state index in [-0.39, 0.29) is 17.6 Å². The highest BCUT2D eigenvalue weighted by atomic mass is 19.4. The quantitative estimate of drug-likeness (QED) is 0.574. The highest BCUT2D eigenvalue weighted by molar-refractivity contribution is 5.97. The number of pyridine rings is 1. The largest absolute Gasteiger partial charge is 0.490 e. The molecule has 8 nitrogen and oxygen atoms in total. The molecule has 2 fully saturated rings. The molecule has 0 bridgehead atoms. The molecule has 0 saturated carbocycles. The average molecular weight is 539 g/mol. The van der Waals surface area contributed by atoms with Crippen LogP contribution in [0.25, 0.3) is 0 Å². The molecule has 2 aliphatic rings. The first-order valence-electron chi connectivity index (χ1n) is 10.4. The third kappa shape index (κ3) is 8.70. The molecular weight excluding hydrogens is 519 g/mol. The summed E-state index contributed by atoms with van der Waals surface area (Å²) in [7, 11) is 0. The van der Waals surface area contributed by atoms with Crippen molar-refractivity contribution in [1.29, 1.82) is 0 Å². The topological polar surface area (TPSA) is 111 Å². The molecule has 2 saturated heterocycles. The van der Waals surface area contributed by atoms with Crippen molar-refractivity contribution in [1.82, 2.24) is 9.88 Å². The number of hydrogen-bond donors (Lipinski definition) is 2. The zero-order valence-electron chi connectivity index (χ0n) is 18.7. The number of alkyl halides is 6. The molecule has 1 aromatic heterocycles. The SMILES string of the molecule is O=C(O)C(F)(F)F.O=C(O)C(F)(F)F.O=C1[C@H]2CN(Cc3ccc(F)cc3)C[C@H]2CN1c1cccnc1. The molecule has 2 aromatic rings. The second-order valence-corrected chi connectivity index (χ2v) is 7.95. The molecule has 0 spiro atoms. The van der Waals surface area contributed by atoms with Crippen LogP contribution in [-0.2, 0) is 20.9 Å². The first-order chi connectivity index (χ1) is 17.1. The molecule has 0 unspecified atom stereocenters. The summed E-state index contributed by atoms with van der Waals surface area (Å²) in [5.41, 5.74) is 1.97. The third-order valence-corrected chi connectivity index (χ3v) is 5.28. The van der Waals surface area contributed by atoms with Crippen molar-refractivity contribution in [3.8, 4) is 0 Å². The number of benzene rings is 1. The maximum atomic E-state index is 13.0. The van der Waals surface area contributed by atoms with Crippen LogP contribution in [0.2, 0.25) is 0 Å². The predicted octanol–water partition coefficient (Wildman–Crippen LogP) is 3.58. The number of anilines is 1. The van der Waals surface area contributed by atoms with Gasteiger partial charge in [-0.15, -0.1) is 0 Å². The maximum Gasteiger partial charge on any atom is 0.490 e. The summed E-state index contributed by atoms with van der Waals surface area (Å²) in [5, 5.41) is 14.2. The van der Waals surface area contributed by atoms with Gasteiger partial charge in [-0.3, -0.25) is 14.7 Å². The molecule has 0 aliphatic carbocycles. The second-order valence-electron chi connectivity index (χ2n) is 7.95. The van der Waals surface area contributed by atoms with Gasteiger partial charge in [0.2, 0.25) is 5.91 Å². The van der Waals surface area contributed by atoms with E-state index in [0.717, 1.165) is 37.4 Å². The Morgan fingerprint density at radius 3 is 1.89 bits per heavy atom. The molecule has 2 atom stereocenters. The summed E-state index contributed by atoms with van der Waals surface area (Å²) < 4.78 is 76.4. The number of aliphatic carboxylic acids is 2. The van der Waals surface area contributed by atoms with E-state index in [4.69, 9.17) is 19.8 Å². The van der Waals surface area contributed by atoms with Gasteiger partial charge in [-0.05, 0) is 29.8 Å². The summed E-state index contributed by atoms with van der Waals surface area (Å²) in [6.45, 7) is 3.21. The predicted molar refractivity (Wildman–Crippen MR) is 113 cm³/mol. The number of hydrogen-bond acceptors (Lipinski definition) is 5. The van der Waals surface area contributed by atoms with E-state index in [1.165, 1.54) is 12.1 Å². The minimum Gasteiger partial charge on any atom is -0.475 e. The van der Waals surface area contributed by atoms with E-state index >= 15 is 0 Å². The number of amides is 1. The Balaban J connectivity index is 0.000000286. The fourth-order valence-corrected chi connectivity index (χ4v) is 3.67. The summed E-state index contributed by atoms with van der Waals surface area (Å²) in [6.07, 6.45) is -6.70. The Kier molecular flexibility index (Phi) is 9.55. The molecule has 1 aromatic carbocycles. The van der Waals surface area contributed by atoms with Gasteiger partial charge in [-0.1, -0.05) is 12.1 Å². The summed E-state index contributed by atoms with van der Waals surface area (Å²) in [6, 6.07) is 10.4. The molecule has 0 radical (unpaired) electrons. The molecule has 15 heteroatoms. The zero-order valence-corrected chi connectivity index (χ0v) is 18.7. The van der Waals surface area contributed by atoms with Crippen LogP contribution in [0, 0.1) is 17.7 Å². The van der Waals surface area contributed by atoms with Gasteiger partial charge < -0.3 is 15.1 Å². The minimum absolute atomic E-state index is 0.0654. The van der Waals surface area contributed by atoms with Crippen LogP contribution in [0.1, 0.15) is 5.56 Å². The van der Waals surface area contributed by atoms with Crippen LogP contribution >= 0.6 is 0 Å². The van der Waals surface area contributed by atoms with Gasteiger partial charge >= 0.3 is 24.3 Å². The number of carbonyl (C=O) groups excluding carboxylic acids is 1. The van der Waals surface area contributed by atoms with Crippen LogP contribution < -0.4 is 4.90 Å². The number of rotatable bonds is 3.